The maximum Gasteiger partial charge on any atom is 0.137 e. The maximum atomic E-state index is 12.4. The minimum Gasteiger partial charge on any atom is -0.299 e. The lowest BCUT2D eigenvalue weighted by Crippen LogP contribution is -2.44. The van der Waals surface area contributed by atoms with Crippen molar-refractivity contribution in [1.82, 2.24) is 4.90 Å². The van der Waals surface area contributed by atoms with E-state index < -0.39 is 0 Å². The van der Waals surface area contributed by atoms with E-state index in [9.17, 15) is 4.79 Å². The molecule has 2 nitrogen and oxygen atoms in total. The Labute approximate surface area is 132 Å². The topological polar surface area (TPSA) is 20.3 Å². The molecule has 2 atom stereocenters. The van der Waals surface area contributed by atoms with Crippen molar-refractivity contribution in [3.05, 3.63) is 0 Å². The van der Waals surface area contributed by atoms with E-state index in [4.69, 9.17) is 0 Å². The summed E-state index contributed by atoms with van der Waals surface area (Å²) in [6, 6.07) is 0.639. The van der Waals surface area contributed by atoms with Crippen LogP contribution < -0.4 is 0 Å². The van der Waals surface area contributed by atoms with E-state index in [1.165, 1.54) is 12.8 Å². The molecule has 0 aromatic carbocycles. The van der Waals surface area contributed by atoms with Crippen LogP contribution in [0.25, 0.3) is 0 Å². The van der Waals surface area contributed by atoms with Crippen LogP contribution in [0, 0.1) is 23.7 Å². The van der Waals surface area contributed by atoms with Gasteiger partial charge in [-0.3, -0.25) is 9.69 Å². The molecule has 0 N–H and O–H groups in total. The van der Waals surface area contributed by atoms with Gasteiger partial charge >= 0.3 is 0 Å². The average molecular weight is 296 g/mol. The van der Waals surface area contributed by atoms with Crippen molar-refractivity contribution in [1.29, 1.82) is 0 Å². The number of hydrogen-bond donors (Lipinski definition) is 0. The lowest BCUT2D eigenvalue weighted by molar-refractivity contribution is -0.127. The van der Waals surface area contributed by atoms with Crippen molar-refractivity contribution in [2.24, 2.45) is 23.7 Å². The minimum absolute atomic E-state index is 0.283. The molecule has 21 heavy (non-hydrogen) atoms. The van der Waals surface area contributed by atoms with E-state index >= 15 is 0 Å². The van der Waals surface area contributed by atoms with Gasteiger partial charge < -0.3 is 0 Å². The first kappa shape index (κ1) is 18.7. The molecule has 0 aromatic rings. The third-order valence-electron chi connectivity index (χ3n) is 5.26. The highest BCUT2D eigenvalue weighted by Crippen LogP contribution is 2.32. The first-order chi connectivity index (χ1) is 9.88. The molecule has 0 aromatic heterocycles. The normalized spacial score (nSPS) is 23.8. The fourth-order valence-corrected chi connectivity index (χ4v) is 3.86. The van der Waals surface area contributed by atoms with Crippen LogP contribution in [0.15, 0.2) is 0 Å². The SMILES string of the molecule is CCC(CC)N(CC(C)C)CC1CC(C(C)C)CCC1=O. The van der Waals surface area contributed by atoms with Crippen LogP contribution in [0.1, 0.15) is 73.6 Å². The molecular weight excluding hydrogens is 258 g/mol. The van der Waals surface area contributed by atoms with Gasteiger partial charge in [-0.15, -0.1) is 0 Å². The monoisotopic (exact) mass is 295 g/mol. The van der Waals surface area contributed by atoms with Crippen LogP contribution in [0.4, 0.5) is 0 Å². The maximum absolute atomic E-state index is 12.4. The Balaban J connectivity index is 2.72. The zero-order valence-electron chi connectivity index (χ0n) is 15.2. The van der Waals surface area contributed by atoms with Crippen molar-refractivity contribution in [2.45, 2.75) is 79.7 Å². The predicted octanol–water partition coefficient (Wildman–Crippen LogP) is 4.77. The molecule has 0 amide bonds. The molecule has 2 unspecified atom stereocenters. The number of Topliss-reactive ketones (excluding diaryl/α,β-unsaturated/α-hetero) is 1. The third-order valence-corrected chi connectivity index (χ3v) is 5.26. The van der Waals surface area contributed by atoms with Gasteiger partial charge in [0.15, 0.2) is 0 Å². The Bertz CT molecular complexity index is 307. The van der Waals surface area contributed by atoms with Crippen LogP contribution in [-0.4, -0.2) is 29.8 Å². The molecule has 0 saturated heterocycles. The molecule has 1 fully saturated rings. The van der Waals surface area contributed by atoms with Crippen LogP contribution in [0.3, 0.4) is 0 Å². The molecule has 0 radical (unpaired) electrons. The van der Waals surface area contributed by atoms with E-state index in [2.05, 4.69) is 46.4 Å². The first-order valence-electron chi connectivity index (χ1n) is 9.15. The van der Waals surface area contributed by atoms with Gasteiger partial charge in [-0.05, 0) is 43.4 Å². The molecule has 1 aliphatic rings. The van der Waals surface area contributed by atoms with Crippen molar-refractivity contribution < 1.29 is 4.79 Å². The van der Waals surface area contributed by atoms with Crippen molar-refractivity contribution in [3.63, 3.8) is 0 Å². The fraction of sp³-hybridized carbons (Fsp3) is 0.947. The first-order valence-corrected chi connectivity index (χ1v) is 9.15. The molecule has 124 valence electrons. The molecule has 0 aliphatic heterocycles. The minimum atomic E-state index is 0.283. The van der Waals surface area contributed by atoms with Gasteiger partial charge in [0.1, 0.15) is 5.78 Å². The van der Waals surface area contributed by atoms with Gasteiger partial charge in [0, 0.05) is 31.5 Å². The third kappa shape index (κ3) is 5.73. The molecule has 1 rings (SSSR count). The second-order valence-corrected chi connectivity index (χ2v) is 7.76. The summed E-state index contributed by atoms with van der Waals surface area (Å²) < 4.78 is 0. The number of rotatable bonds is 8. The Morgan fingerprint density at radius 2 is 1.76 bits per heavy atom. The van der Waals surface area contributed by atoms with Crippen molar-refractivity contribution in [2.75, 3.05) is 13.1 Å². The van der Waals surface area contributed by atoms with Gasteiger partial charge in [0.2, 0.25) is 0 Å². The summed E-state index contributed by atoms with van der Waals surface area (Å²) in [7, 11) is 0. The van der Waals surface area contributed by atoms with E-state index in [1.54, 1.807) is 0 Å². The Morgan fingerprint density at radius 1 is 1.14 bits per heavy atom. The molecule has 0 heterocycles. The molecule has 1 aliphatic carbocycles. The summed E-state index contributed by atoms with van der Waals surface area (Å²) in [6.45, 7) is 15.9. The lowest BCUT2D eigenvalue weighted by Gasteiger charge is -2.38. The Kier molecular flexibility index (Phi) is 7.94. The van der Waals surface area contributed by atoms with E-state index in [0.717, 1.165) is 38.3 Å². The smallest absolute Gasteiger partial charge is 0.137 e. The summed E-state index contributed by atoms with van der Waals surface area (Å²) in [5.41, 5.74) is 0. The summed E-state index contributed by atoms with van der Waals surface area (Å²) in [5, 5.41) is 0. The lowest BCUT2D eigenvalue weighted by atomic mass is 9.75. The number of hydrogen-bond acceptors (Lipinski definition) is 2. The molecule has 0 spiro atoms. The largest absolute Gasteiger partial charge is 0.299 e. The van der Waals surface area contributed by atoms with E-state index in [0.29, 0.717) is 23.7 Å². The van der Waals surface area contributed by atoms with E-state index in [1.807, 2.05) is 0 Å². The van der Waals surface area contributed by atoms with Crippen LogP contribution >= 0.6 is 0 Å². The van der Waals surface area contributed by atoms with Crippen LogP contribution in [0.2, 0.25) is 0 Å². The highest BCUT2D eigenvalue weighted by molar-refractivity contribution is 5.82. The standard InChI is InChI=1S/C19H37NO/c1-7-18(8-2)20(12-14(3)4)13-17-11-16(15(5)6)9-10-19(17)21/h14-18H,7-13H2,1-6H3. The zero-order valence-corrected chi connectivity index (χ0v) is 15.2. The number of carbonyl (C=O) groups is 1. The highest BCUT2D eigenvalue weighted by Gasteiger charge is 2.32. The molecule has 0 bridgehead atoms. The number of carbonyl (C=O) groups excluding carboxylic acids is 1. The van der Waals surface area contributed by atoms with Gasteiger partial charge in [0.25, 0.3) is 0 Å². The highest BCUT2D eigenvalue weighted by atomic mass is 16.1. The zero-order chi connectivity index (χ0) is 16.0. The van der Waals surface area contributed by atoms with Crippen LogP contribution in [0.5, 0.6) is 0 Å². The quantitative estimate of drug-likeness (QED) is 0.642. The average Bonchev–Trinajstić information content (AvgIpc) is 2.41. The van der Waals surface area contributed by atoms with Gasteiger partial charge in [-0.1, -0.05) is 41.5 Å². The predicted molar refractivity (Wildman–Crippen MR) is 91.5 cm³/mol. The second kappa shape index (κ2) is 8.92. The Morgan fingerprint density at radius 3 is 2.24 bits per heavy atom. The fourth-order valence-electron chi connectivity index (χ4n) is 3.86. The summed E-state index contributed by atoms with van der Waals surface area (Å²) in [5.74, 6) is 2.94. The molecule has 2 heteroatoms. The van der Waals surface area contributed by atoms with Gasteiger partial charge in [-0.25, -0.2) is 0 Å². The summed E-state index contributed by atoms with van der Waals surface area (Å²) in [4.78, 5) is 15.0. The van der Waals surface area contributed by atoms with Gasteiger partial charge in [-0.2, -0.15) is 0 Å². The number of ketones is 1. The van der Waals surface area contributed by atoms with E-state index in [-0.39, 0.29) is 5.92 Å². The molecular formula is C19H37NO. The summed E-state index contributed by atoms with van der Waals surface area (Å²) in [6.07, 6.45) is 5.43. The van der Waals surface area contributed by atoms with Crippen molar-refractivity contribution >= 4 is 5.78 Å². The Hall–Kier alpha value is -0.370. The summed E-state index contributed by atoms with van der Waals surface area (Å²) >= 11 is 0. The van der Waals surface area contributed by atoms with Crippen molar-refractivity contribution in [3.8, 4) is 0 Å². The van der Waals surface area contributed by atoms with Crippen LogP contribution in [-0.2, 0) is 4.79 Å². The second-order valence-electron chi connectivity index (χ2n) is 7.76. The molecule has 1 saturated carbocycles. The number of nitrogens with zero attached hydrogens (tertiary/aromatic N) is 1. The van der Waals surface area contributed by atoms with Gasteiger partial charge in [0.05, 0.1) is 0 Å².